The van der Waals surface area contributed by atoms with Gasteiger partial charge in [-0.15, -0.1) is 0 Å². The highest BCUT2D eigenvalue weighted by molar-refractivity contribution is 5.81. The molecule has 2 aromatic rings. The normalized spacial score (nSPS) is 11.2. The summed E-state index contributed by atoms with van der Waals surface area (Å²) >= 11 is 0. The van der Waals surface area contributed by atoms with E-state index in [0.717, 1.165) is 11.1 Å². The summed E-state index contributed by atoms with van der Waals surface area (Å²) in [6.45, 7) is 5.71. The second-order valence-corrected chi connectivity index (χ2v) is 5.21. The van der Waals surface area contributed by atoms with Gasteiger partial charge in [0.15, 0.2) is 0 Å². The monoisotopic (exact) mass is 270 g/mol. The van der Waals surface area contributed by atoms with Crippen molar-refractivity contribution in [3.8, 4) is 0 Å². The van der Waals surface area contributed by atoms with Crippen molar-refractivity contribution in [1.82, 2.24) is 9.97 Å². The van der Waals surface area contributed by atoms with Gasteiger partial charge in [0.05, 0.1) is 5.41 Å². The molecular formula is C16H18N2O2. The molecule has 0 aliphatic rings. The number of esters is 1. The largest absolute Gasteiger partial charge is 0.460 e. The molecule has 20 heavy (non-hydrogen) atoms. The molecule has 0 spiro atoms. The topological polar surface area (TPSA) is 52.1 Å². The number of nitrogens with zero attached hydrogens (tertiary/aromatic N) is 2. The van der Waals surface area contributed by atoms with E-state index < -0.39 is 5.41 Å². The molecule has 0 saturated heterocycles. The predicted octanol–water partition coefficient (Wildman–Crippen LogP) is 2.81. The highest BCUT2D eigenvalue weighted by Crippen LogP contribution is 2.24. The summed E-state index contributed by atoms with van der Waals surface area (Å²) in [5.41, 5.74) is 0.959. The molecule has 0 bridgehead atoms. The maximum atomic E-state index is 12.2. The van der Waals surface area contributed by atoms with Crippen LogP contribution < -0.4 is 0 Å². The lowest BCUT2D eigenvalue weighted by molar-refractivity contribution is -0.150. The number of hydrogen-bond acceptors (Lipinski definition) is 4. The molecule has 1 aromatic carbocycles. The first-order valence-corrected chi connectivity index (χ1v) is 6.50. The third kappa shape index (κ3) is 3.20. The number of hydrogen-bond donors (Lipinski definition) is 0. The van der Waals surface area contributed by atoms with Crippen LogP contribution in [0, 0.1) is 6.92 Å². The first-order valence-electron chi connectivity index (χ1n) is 6.50. The van der Waals surface area contributed by atoms with Crippen LogP contribution in [0.2, 0.25) is 0 Å². The van der Waals surface area contributed by atoms with Crippen molar-refractivity contribution >= 4 is 5.97 Å². The number of aryl methyl sites for hydroxylation is 1. The van der Waals surface area contributed by atoms with Gasteiger partial charge in [-0.1, -0.05) is 30.3 Å². The van der Waals surface area contributed by atoms with E-state index in [2.05, 4.69) is 9.97 Å². The number of carbonyl (C=O) groups is 1. The molecule has 0 unspecified atom stereocenters. The van der Waals surface area contributed by atoms with Gasteiger partial charge in [-0.05, 0) is 26.3 Å². The summed E-state index contributed by atoms with van der Waals surface area (Å²) in [6, 6.07) is 9.62. The average molecular weight is 270 g/mol. The van der Waals surface area contributed by atoms with Gasteiger partial charge < -0.3 is 4.74 Å². The molecular weight excluding hydrogens is 252 g/mol. The summed E-state index contributed by atoms with van der Waals surface area (Å²) in [4.78, 5) is 20.5. The molecule has 4 heteroatoms. The third-order valence-corrected chi connectivity index (χ3v) is 3.23. The van der Waals surface area contributed by atoms with E-state index >= 15 is 0 Å². The van der Waals surface area contributed by atoms with Crippen molar-refractivity contribution < 1.29 is 9.53 Å². The zero-order valence-electron chi connectivity index (χ0n) is 12.0. The zero-order valence-corrected chi connectivity index (χ0v) is 12.0. The van der Waals surface area contributed by atoms with Crippen molar-refractivity contribution in [1.29, 1.82) is 0 Å². The van der Waals surface area contributed by atoms with Gasteiger partial charge in [0.2, 0.25) is 0 Å². The first kappa shape index (κ1) is 14.2. The Balaban J connectivity index is 2.05. The Morgan fingerprint density at radius 2 is 1.75 bits per heavy atom. The van der Waals surface area contributed by atoms with Gasteiger partial charge in [0, 0.05) is 18.0 Å². The maximum Gasteiger partial charge on any atom is 0.316 e. The lowest BCUT2D eigenvalue weighted by Crippen LogP contribution is -2.31. The van der Waals surface area contributed by atoms with Crippen LogP contribution >= 0.6 is 0 Å². The highest BCUT2D eigenvalue weighted by Gasteiger charge is 2.32. The minimum absolute atomic E-state index is 0.274. The molecule has 0 amide bonds. The van der Waals surface area contributed by atoms with Crippen molar-refractivity contribution in [2.75, 3.05) is 0 Å². The molecule has 2 rings (SSSR count). The van der Waals surface area contributed by atoms with Gasteiger partial charge in [-0.3, -0.25) is 4.79 Å². The average Bonchev–Trinajstić information content (AvgIpc) is 2.46. The highest BCUT2D eigenvalue weighted by atomic mass is 16.5. The standard InChI is InChI=1S/C16H18N2O2/c1-12-17-9-14(10-18-12)16(2,3)15(19)20-11-13-7-5-4-6-8-13/h4-10H,11H2,1-3H3. The molecule has 0 aliphatic carbocycles. The summed E-state index contributed by atoms with van der Waals surface area (Å²) < 4.78 is 5.38. The van der Waals surface area contributed by atoms with E-state index in [9.17, 15) is 4.79 Å². The summed E-state index contributed by atoms with van der Waals surface area (Å²) in [5.74, 6) is 0.399. The fraction of sp³-hybridized carbons (Fsp3) is 0.312. The molecule has 0 atom stereocenters. The second-order valence-electron chi connectivity index (χ2n) is 5.21. The first-order chi connectivity index (χ1) is 9.50. The van der Waals surface area contributed by atoms with Crippen molar-refractivity contribution in [3.05, 3.63) is 59.7 Å². The van der Waals surface area contributed by atoms with Crippen molar-refractivity contribution in [3.63, 3.8) is 0 Å². The summed E-state index contributed by atoms with van der Waals surface area (Å²) in [7, 11) is 0. The SMILES string of the molecule is Cc1ncc(C(C)(C)C(=O)OCc2ccccc2)cn1. The molecule has 104 valence electrons. The van der Waals surface area contributed by atoms with Gasteiger partial charge >= 0.3 is 5.97 Å². The van der Waals surface area contributed by atoms with Crippen LogP contribution in [0.5, 0.6) is 0 Å². The van der Waals surface area contributed by atoms with Crippen LogP contribution in [0.4, 0.5) is 0 Å². The van der Waals surface area contributed by atoms with Crippen LogP contribution in [0.3, 0.4) is 0 Å². The Hall–Kier alpha value is -2.23. The predicted molar refractivity (Wildman–Crippen MR) is 76.0 cm³/mol. The van der Waals surface area contributed by atoms with E-state index in [4.69, 9.17) is 4.74 Å². The zero-order chi connectivity index (χ0) is 14.6. The molecule has 1 heterocycles. The fourth-order valence-corrected chi connectivity index (χ4v) is 1.74. The van der Waals surface area contributed by atoms with Crippen LogP contribution in [0.1, 0.15) is 30.8 Å². The molecule has 0 aliphatic heterocycles. The molecule has 0 fully saturated rings. The number of aromatic nitrogens is 2. The van der Waals surface area contributed by atoms with Crippen LogP contribution in [-0.4, -0.2) is 15.9 Å². The maximum absolute atomic E-state index is 12.2. The molecule has 1 aromatic heterocycles. The van der Waals surface area contributed by atoms with Crippen LogP contribution in [-0.2, 0) is 21.6 Å². The lowest BCUT2D eigenvalue weighted by atomic mass is 9.87. The fourth-order valence-electron chi connectivity index (χ4n) is 1.74. The van der Waals surface area contributed by atoms with Gasteiger partial charge in [0.1, 0.15) is 12.4 Å². The van der Waals surface area contributed by atoms with Crippen LogP contribution in [0.25, 0.3) is 0 Å². The van der Waals surface area contributed by atoms with E-state index in [0.29, 0.717) is 5.82 Å². The van der Waals surface area contributed by atoms with E-state index in [1.54, 1.807) is 12.4 Å². The smallest absolute Gasteiger partial charge is 0.316 e. The Morgan fingerprint density at radius 3 is 2.35 bits per heavy atom. The Labute approximate surface area is 118 Å². The Kier molecular flexibility index (Phi) is 4.13. The van der Waals surface area contributed by atoms with Crippen molar-refractivity contribution in [2.45, 2.75) is 32.8 Å². The van der Waals surface area contributed by atoms with Crippen molar-refractivity contribution in [2.24, 2.45) is 0 Å². The molecule has 4 nitrogen and oxygen atoms in total. The summed E-state index contributed by atoms with van der Waals surface area (Å²) in [6.07, 6.45) is 3.35. The van der Waals surface area contributed by atoms with Crippen LogP contribution in [0.15, 0.2) is 42.7 Å². The Bertz CT molecular complexity index is 577. The van der Waals surface area contributed by atoms with Gasteiger partial charge in [-0.25, -0.2) is 9.97 Å². The van der Waals surface area contributed by atoms with E-state index in [1.807, 2.05) is 51.1 Å². The number of benzene rings is 1. The Morgan fingerprint density at radius 1 is 1.15 bits per heavy atom. The quantitative estimate of drug-likeness (QED) is 0.802. The number of ether oxygens (including phenoxy) is 1. The second kappa shape index (κ2) is 5.82. The van der Waals surface area contributed by atoms with Gasteiger partial charge in [-0.2, -0.15) is 0 Å². The summed E-state index contributed by atoms with van der Waals surface area (Å²) in [5, 5.41) is 0. The number of rotatable bonds is 4. The molecule has 0 saturated carbocycles. The van der Waals surface area contributed by atoms with E-state index in [-0.39, 0.29) is 12.6 Å². The number of carbonyl (C=O) groups excluding carboxylic acids is 1. The minimum atomic E-state index is -0.761. The molecule has 0 N–H and O–H groups in total. The third-order valence-electron chi connectivity index (χ3n) is 3.23. The molecule has 0 radical (unpaired) electrons. The van der Waals surface area contributed by atoms with Gasteiger partial charge in [0.25, 0.3) is 0 Å². The minimum Gasteiger partial charge on any atom is -0.460 e. The van der Waals surface area contributed by atoms with E-state index in [1.165, 1.54) is 0 Å². The lowest BCUT2D eigenvalue weighted by Gasteiger charge is -2.22.